The van der Waals surface area contributed by atoms with Crippen LogP contribution in [0, 0.1) is 5.41 Å². The van der Waals surface area contributed by atoms with Gasteiger partial charge in [-0.1, -0.05) is 39.0 Å². The second-order valence-corrected chi connectivity index (χ2v) is 6.61. The van der Waals surface area contributed by atoms with E-state index in [-0.39, 0.29) is 12.3 Å². The van der Waals surface area contributed by atoms with Crippen LogP contribution in [0.1, 0.15) is 45.1 Å². The molecule has 0 saturated carbocycles. The fourth-order valence-corrected chi connectivity index (χ4v) is 2.65. The van der Waals surface area contributed by atoms with Gasteiger partial charge in [0.2, 0.25) is 0 Å². The van der Waals surface area contributed by atoms with Crippen molar-refractivity contribution >= 4 is 11.7 Å². The molecule has 0 fully saturated rings. The molecule has 1 aliphatic heterocycles. The van der Waals surface area contributed by atoms with E-state index in [2.05, 4.69) is 37.8 Å². The van der Waals surface area contributed by atoms with Crippen LogP contribution >= 0.6 is 0 Å². The number of hydrogen-bond donors (Lipinski definition) is 1. The monoisotopic (exact) mass is 261 g/mol. The third-order valence-corrected chi connectivity index (χ3v) is 3.71. The number of aliphatic carboxylic acids is 1. The molecule has 19 heavy (non-hydrogen) atoms. The number of carboxylic acids is 1. The third kappa shape index (κ3) is 3.49. The van der Waals surface area contributed by atoms with Gasteiger partial charge in [-0.15, -0.1) is 0 Å². The van der Waals surface area contributed by atoms with Gasteiger partial charge >= 0.3 is 5.97 Å². The van der Waals surface area contributed by atoms with Gasteiger partial charge in [-0.05, 0) is 23.5 Å². The number of rotatable bonds is 4. The first-order chi connectivity index (χ1) is 8.87. The summed E-state index contributed by atoms with van der Waals surface area (Å²) in [4.78, 5) is 13.3. The maximum Gasteiger partial charge on any atom is 0.304 e. The molecule has 2 rings (SSSR count). The zero-order valence-corrected chi connectivity index (χ0v) is 12.0. The number of carbonyl (C=O) groups is 1. The largest absolute Gasteiger partial charge is 0.481 e. The van der Waals surface area contributed by atoms with Gasteiger partial charge in [0.05, 0.1) is 6.42 Å². The molecule has 0 bridgehead atoms. The Morgan fingerprint density at radius 2 is 2.05 bits per heavy atom. The van der Waals surface area contributed by atoms with E-state index in [0.717, 1.165) is 19.5 Å². The highest BCUT2D eigenvalue weighted by molar-refractivity contribution is 5.71. The highest BCUT2D eigenvalue weighted by Crippen LogP contribution is 2.38. The molecule has 0 saturated heterocycles. The van der Waals surface area contributed by atoms with Crippen LogP contribution in [0.3, 0.4) is 0 Å². The Hall–Kier alpha value is -1.51. The fourth-order valence-electron chi connectivity index (χ4n) is 2.65. The number of benzene rings is 1. The average molecular weight is 261 g/mol. The molecule has 3 nitrogen and oxygen atoms in total. The normalized spacial score (nSPS) is 18.5. The maximum absolute atomic E-state index is 11.0. The van der Waals surface area contributed by atoms with Crippen molar-refractivity contribution in [1.29, 1.82) is 0 Å². The van der Waals surface area contributed by atoms with E-state index in [1.165, 1.54) is 11.3 Å². The molecule has 1 heterocycles. The van der Waals surface area contributed by atoms with Crippen LogP contribution in [-0.2, 0) is 4.79 Å². The van der Waals surface area contributed by atoms with Crippen molar-refractivity contribution in [3.63, 3.8) is 0 Å². The van der Waals surface area contributed by atoms with E-state index in [0.29, 0.717) is 5.41 Å². The van der Waals surface area contributed by atoms with Gasteiger partial charge in [-0.25, -0.2) is 0 Å². The van der Waals surface area contributed by atoms with Crippen LogP contribution in [0.25, 0.3) is 0 Å². The number of anilines is 1. The van der Waals surface area contributed by atoms with Gasteiger partial charge in [-0.3, -0.25) is 4.79 Å². The molecule has 0 amide bonds. The second kappa shape index (κ2) is 5.24. The smallest absolute Gasteiger partial charge is 0.304 e. The number of carboxylic acid groups (broad SMARTS) is 1. The molecular weight excluding hydrogens is 238 g/mol. The van der Waals surface area contributed by atoms with Gasteiger partial charge in [-0.2, -0.15) is 0 Å². The van der Waals surface area contributed by atoms with Gasteiger partial charge < -0.3 is 10.0 Å². The summed E-state index contributed by atoms with van der Waals surface area (Å²) in [5.74, 6) is -0.578. The summed E-state index contributed by atoms with van der Waals surface area (Å²) in [7, 11) is 0. The minimum atomic E-state index is -0.711. The minimum absolute atomic E-state index is 0.133. The molecule has 104 valence electrons. The van der Waals surface area contributed by atoms with Crippen molar-refractivity contribution in [3.05, 3.63) is 29.8 Å². The fraction of sp³-hybridized carbons (Fsp3) is 0.562. The molecule has 0 aromatic heterocycles. The highest BCUT2D eigenvalue weighted by atomic mass is 16.4. The average Bonchev–Trinajstić information content (AvgIpc) is 2.64. The predicted octanol–water partition coefficient (Wildman–Crippen LogP) is 3.50. The quantitative estimate of drug-likeness (QED) is 0.901. The lowest BCUT2D eigenvalue weighted by Crippen LogP contribution is -2.26. The Kier molecular flexibility index (Phi) is 3.83. The number of nitrogens with zero attached hydrogens (tertiary/aromatic N) is 1. The van der Waals surface area contributed by atoms with E-state index in [1.54, 1.807) is 0 Å². The molecule has 1 aliphatic rings. The van der Waals surface area contributed by atoms with Crippen LogP contribution in [0.4, 0.5) is 5.69 Å². The molecule has 1 aromatic carbocycles. The Morgan fingerprint density at radius 1 is 1.37 bits per heavy atom. The van der Waals surface area contributed by atoms with Crippen molar-refractivity contribution < 1.29 is 9.90 Å². The summed E-state index contributed by atoms with van der Waals surface area (Å²) in [6, 6.07) is 8.22. The van der Waals surface area contributed by atoms with Crippen LogP contribution in [-0.4, -0.2) is 24.2 Å². The summed E-state index contributed by atoms with van der Waals surface area (Å²) in [6.45, 7) is 8.55. The summed E-state index contributed by atoms with van der Waals surface area (Å²) < 4.78 is 0. The van der Waals surface area contributed by atoms with Crippen LogP contribution < -0.4 is 4.90 Å². The molecule has 0 aliphatic carbocycles. The number of fused-ring (bicyclic) bond motifs is 1. The lowest BCUT2D eigenvalue weighted by atomic mass is 9.92. The molecule has 0 radical (unpaired) electrons. The molecule has 0 spiro atoms. The third-order valence-electron chi connectivity index (χ3n) is 3.71. The van der Waals surface area contributed by atoms with E-state index < -0.39 is 5.97 Å². The first-order valence-corrected chi connectivity index (χ1v) is 6.92. The Bertz CT molecular complexity index is 462. The maximum atomic E-state index is 11.0. The van der Waals surface area contributed by atoms with Gasteiger partial charge in [0, 0.05) is 24.7 Å². The van der Waals surface area contributed by atoms with Crippen LogP contribution in [0.15, 0.2) is 24.3 Å². The highest BCUT2D eigenvalue weighted by Gasteiger charge is 2.30. The van der Waals surface area contributed by atoms with Crippen molar-refractivity contribution in [2.45, 2.75) is 39.5 Å². The summed E-state index contributed by atoms with van der Waals surface area (Å²) >= 11 is 0. The van der Waals surface area contributed by atoms with Gasteiger partial charge in [0.15, 0.2) is 0 Å². The first kappa shape index (κ1) is 13.9. The minimum Gasteiger partial charge on any atom is -0.481 e. The van der Waals surface area contributed by atoms with Crippen molar-refractivity contribution in [3.8, 4) is 0 Å². The summed E-state index contributed by atoms with van der Waals surface area (Å²) in [5.41, 5.74) is 2.72. The zero-order valence-electron chi connectivity index (χ0n) is 12.0. The number of hydrogen-bond acceptors (Lipinski definition) is 2. The topological polar surface area (TPSA) is 40.5 Å². The molecule has 1 atom stereocenters. The number of para-hydroxylation sites is 1. The molecular formula is C16H23NO2. The molecule has 1 aromatic rings. The van der Waals surface area contributed by atoms with Crippen LogP contribution in [0.5, 0.6) is 0 Å². The lowest BCUT2D eigenvalue weighted by Gasteiger charge is -2.25. The van der Waals surface area contributed by atoms with Gasteiger partial charge in [0.25, 0.3) is 0 Å². The standard InChI is InChI=1S/C16H23NO2/c1-16(2,3)8-9-17-11-12(10-15(18)19)13-6-4-5-7-14(13)17/h4-7,12H,8-11H2,1-3H3,(H,18,19). The van der Waals surface area contributed by atoms with E-state index >= 15 is 0 Å². The molecule has 1 unspecified atom stereocenters. The van der Waals surface area contributed by atoms with E-state index in [1.807, 2.05) is 12.1 Å². The van der Waals surface area contributed by atoms with Crippen LogP contribution in [0.2, 0.25) is 0 Å². The van der Waals surface area contributed by atoms with E-state index in [4.69, 9.17) is 5.11 Å². The summed E-state index contributed by atoms with van der Waals surface area (Å²) in [5, 5.41) is 9.03. The Balaban J connectivity index is 2.13. The predicted molar refractivity (Wildman–Crippen MR) is 77.7 cm³/mol. The molecule has 3 heteroatoms. The second-order valence-electron chi connectivity index (χ2n) is 6.61. The first-order valence-electron chi connectivity index (χ1n) is 6.92. The Morgan fingerprint density at radius 3 is 2.68 bits per heavy atom. The van der Waals surface area contributed by atoms with Crippen molar-refractivity contribution in [1.82, 2.24) is 0 Å². The Labute approximate surface area is 115 Å². The lowest BCUT2D eigenvalue weighted by molar-refractivity contribution is -0.137. The van der Waals surface area contributed by atoms with E-state index in [9.17, 15) is 4.79 Å². The van der Waals surface area contributed by atoms with Crippen molar-refractivity contribution in [2.24, 2.45) is 5.41 Å². The summed E-state index contributed by atoms with van der Waals surface area (Å²) in [6.07, 6.45) is 1.34. The molecule has 1 N–H and O–H groups in total. The zero-order chi connectivity index (χ0) is 14.0. The van der Waals surface area contributed by atoms with Gasteiger partial charge in [0.1, 0.15) is 0 Å². The van der Waals surface area contributed by atoms with Crippen molar-refractivity contribution in [2.75, 3.05) is 18.0 Å². The SMILES string of the molecule is CC(C)(C)CCN1CC(CC(=O)O)c2ccccc21.